The Hall–Kier alpha value is -1.88. The second-order valence-corrected chi connectivity index (χ2v) is 6.46. The Kier molecular flexibility index (Phi) is 5.77. The molecule has 1 aromatic rings. The average molecular weight is 318 g/mol. The smallest absolute Gasteiger partial charge is 0.251 e. The molecule has 5 nitrogen and oxygen atoms in total. The second kappa shape index (κ2) is 7.59. The van der Waals surface area contributed by atoms with Crippen LogP contribution in [0.1, 0.15) is 41.3 Å². The van der Waals surface area contributed by atoms with Gasteiger partial charge in [0.05, 0.1) is 12.6 Å². The number of aryl methyl sites for hydroxylation is 2. The molecule has 0 saturated carbocycles. The predicted molar refractivity (Wildman–Crippen MR) is 89.2 cm³/mol. The highest BCUT2D eigenvalue weighted by molar-refractivity contribution is 5.96. The van der Waals surface area contributed by atoms with Crippen LogP contribution in [0.4, 0.5) is 0 Å². The number of nitrogens with one attached hydrogen (secondary N) is 1. The summed E-state index contributed by atoms with van der Waals surface area (Å²) >= 11 is 0. The Balaban J connectivity index is 1.88. The third-order valence-corrected chi connectivity index (χ3v) is 4.66. The first-order chi connectivity index (χ1) is 10.9. The summed E-state index contributed by atoms with van der Waals surface area (Å²) in [6.07, 6.45) is 1.43. The number of benzene rings is 1. The number of carbonyl (C=O) groups excluding carboxylic acids is 2. The van der Waals surface area contributed by atoms with Crippen LogP contribution in [0.3, 0.4) is 0 Å². The summed E-state index contributed by atoms with van der Waals surface area (Å²) in [6, 6.07) is 5.51. The van der Waals surface area contributed by atoms with E-state index in [0.29, 0.717) is 18.7 Å². The second-order valence-electron chi connectivity index (χ2n) is 6.46. The number of hydrogen-bond acceptors (Lipinski definition) is 3. The SMILES string of the molecule is Cc1ccc(C(=O)NCC(=O)N2CCCC(C(C)O)C2)cc1C. The van der Waals surface area contributed by atoms with Gasteiger partial charge in [0, 0.05) is 24.6 Å². The van der Waals surface area contributed by atoms with Gasteiger partial charge in [-0.05, 0) is 56.9 Å². The number of amides is 2. The van der Waals surface area contributed by atoms with E-state index >= 15 is 0 Å². The van der Waals surface area contributed by atoms with Crippen LogP contribution < -0.4 is 5.32 Å². The van der Waals surface area contributed by atoms with Crippen LogP contribution in [0, 0.1) is 19.8 Å². The fraction of sp³-hybridized carbons (Fsp3) is 0.556. The van der Waals surface area contributed by atoms with Gasteiger partial charge in [0.25, 0.3) is 5.91 Å². The van der Waals surface area contributed by atoms with Crippen molar-refractivity contribution < 1.29 is 14.7 Å². The largest absolute Gasteiger partial charge is 0.393 e. The molecule has 2 N–H and O–H groups in total. The third kappa shape index (κ3) is 4.55. The van der Waals surface area contributed by atoms with E-state index < -0.39 is 6.10 Å². The monoisotopic (exact) mass is 318 g/mol. The van der Waals surface area contributed by atoms with E-state index in [9.17, 15) is 14.7 Å². The number of aliphatic hydroxyl groups is 1. The Bertz CT molecular complexity index is 584. The number of likely N-dealkylation sites (tertiary alicyclic amines) is 1. The van der Waals surface area contributed by atoms with Gasteiger partial charge < -0.3 is 15.3 Å². The molecule has 1 heterocycles. The maximum atomic E-state index is 12.3. The van der Waals surface area contributed by atoms with Crippen molar-refractivity contribution in [3.8, 4) is 0 Å². The van der Waals surface area contributed by atoms with Gasteiger partial charge in [-0.2, -0.15) is 0 Å². The van der Waals surface area contributed by atoms with Gasteiger partial charge in [-0.3, -0.25) is 9.59 Å². The van der Waals surface area contributed by atoms with E-state index in [1.54, 1.807) is 17.9 Å². The van der Waals surface area contributed by atoms with E-state index in [1.165, 1.54) is 0 Å². The molecule has 1 aliphatic heterocycles. The first kappa shape index (κ1) is 17.5. The number of hydrogen-bond donors (Lipinski definition) is 2. The van der Waals surface area contributed by atoms with E-state index in [1.807, 2.05) is 26.0 Å². The van der Waals surface area contributed by atoms with Crippen molar-refractivity contribution in [1.82, 2.24) is 10.2 Å². The van der Waals surface area contributed by atoms with Crippen molar-refractivity contribution in [3.05, 3.63) is 34.9 Å². The molecule has 0 bridgehead atoms. The number of aliphatic hydroxyl groups excluding tert-OH is 1. The van der Waals surface area contributed by atoms with Crippen LogP contribution in [-0.4, -0.2) is 47.6 Å². The quantitative estimate of drug-likeness (QED) is 0.887. The first-order valence-corrected chi connectivity index (χ1v) is 8.19. The van der Waals surface area contributed by atoms with Crippen molar-refractivity contribution in [3.63, 3.8) is 0 Å². The van der Waals surface area contributed by atoms with E-state index in [4.69, 9.17) is 0 Å². The molecule has 126 valence electrons. The topological polar surface area (TPSA) is 69.6 Å². The normalized spacial score (nSPS) is 19.3. The summed E-state index contributed by atoms with van der Waals surface area (Å²) in [4.78, 5) is 26.1. The molecule has 0 spiro atoms. The molecule has 2 unspecified atom stereocenters. The van der Waals surface area contributed by atoms with Crippen molar-refractivity contribution in [2.75, 3.05) is 19.6 Å². The number of nitrogens with zero attached hydrogens (tertiary/aromatic N) is 1. The molecule has 1 aliphatic rings. The standard InChI is InChI=1S/C18H26N2O3/c1-12-6-7-15(9-13(12)2)18(23)19-10-17(22)20-8-4-5-16(11-20)14(3)21/h6-7,9,14,16,21H,4-5,8,10-11H2,1-3H3,(H,19,23). The van der Waals surface area contributed by atoms with Crippen LogP contribution in [-0.2, 0) is 4.79 Å². The minimum absolute atomic E-state index is 0.00170. The fourth-order valence-corrected chi connectivity index (χ4v) is 2.88. The predicted octanol–water partition coefficient (Wildman–Crippen LogP) is 1.65. The van der Waals surface area contributed by atoms with Crippen LogP contribution in [0.2, 0.25) is 0 Å². The molecule has 1 saturated heterocycles. The molecule has 0 aromatic heterocycles. The Labute approximate surface area is 137 Å². The van der Waals surface area contributed by atoms with E-state index in [-0.39, 0.29) is 24.3 Å². The van der Waals surface area contributed by atoms with E-state index in [0.717, 1.165) is 24.0 Å². The average Bonchev–Trinajstić information content (AvgIpc) is 2.54. The Morgan fingerprint density at radius 2 is 2.09 bits per heavy atom. The van der Waals surface area contributed by atoms with Gasteiger partial charge in [0.1, 0.15) is 0 Å². The fourth-order valence-electron chi connectivity index (χ4n) is 2.88. The van der Waals surface area contributed by atoms with Crippen molar-refractivity contribution in [2.45, 2.75) is 39.7 Å². The zero-order chi connectivity index (χ0) is 17.0. The Morgan fingerprint density at radius 1 is 1.35 bits per heavy atom. The molecular formula is C18H26N2O3. The van der Waals surface area contributed by atoms with Crippen molar-refractivity contribution in [1.29, 1.82) is 0 Å². The van der Waals surface area contributed by atoms with E-state index in [2.05, 4.69) is 5.32 Å². The highest BCUT2D eigenvalue weighted by Gasteiger charge is 2.26. The summed E-state index contributed by atoms with van der Waals surface area (Å²) in [7, 11) is 0. The third-order valence-electron chi connectivity index (χ3n) is 4.66. The van der Waals surface area contributed by atoms with Crippen LogP contribution >= 0.6 is 0 Å². The van der Waals surface area contributed by atoms with Crippen LogP contribution in [0.25, 0.3) is 0 Å². The lowest BCUT2D eigenvalue weighted by Gasteiger charge is -2.34. The summed E-state index contributed by atoms with van der Waals surface area (Å²) in [5.41, 5.74) is 2.76. The van der Waals surface area contributed by atoms with Gasteiger partial charge in [-0.15, -0.1) is 0 Å². The van der Waals surface area contributed by atoms with Gasteiger partial charge >= 0.3 is 0 Å². The Morgan fingerprint density at radius 3 is 2.74 bits per heavy atom. The molecule has 1 fully saturated rings. The summed E-state index contributed by atoms with van der Waals surface area (Å²) < 4.78 is 0. The molecule has 0 aliphatic carbocycles. The maximum Gasteiger partial charge on any atom is 0.251 e. The molecule has 2 rings (SSSR count). The van der Waals surface area contributed by atoms with Crippen LogP contribution in [0.15, 0.2) is 18.2 Å². The molecular weight excluding hydrogens is 292 g/mol. The summed E-state index contributed by atoms with van der Waals surface area (Å²) in [5.74, 6) is -0.193. The number of rotatable bonds is 4. The number of carbonyl (C=O) groups is 2. The van der Waals surface area contributed by atoms with Gasteiger partial charge in [0.2, 0.25) is 5.91 Å². The zero-order valence-corrected chi connectivity index (χ0v) is 14.1. The molecule has 5 heteroatoms. The van der Waals surface area contributed by atoms with Gasteiger partial charge in [-0.1, -0.05) is 6.07 Å². The lowest BCUT2D eigenvalue weighted by Crippen LogP contribution is -2.46. The minimum atomic E-state index is -0.407. The maximum absolute atomic E-state index is 12.3. The molecule has 2 amide bonds. The zero-order valence-electron chi connectivity index (χ0n) is 14.1. The molecule has 23 heavy (non-hydrogen) atoms. The van der Waals surface area contributed by atoms with Gasteiger partial charge in [0.15, 0.2) is 0 Å². The lowest BCUT2D eigenvalue weighted by atomic mass is 9.93. The molecule has 2 atom stereocenters. The van der Waals surface area contributed by atoms with Crippen molar-refractivity contribution in [2.24, 2.45) is 5.92 Å². The highest BCUT2D eigenvalue weighted by atomic mass is 16.3. The molecule has 1 aromatic carbocycles. The molecule has 0 radical (unpaired) electrons. The van der Waals surface area contributed by atoms with Crippen LogP contribution in [0.5, 0.6) is 0 Å². The lowest BCUT2D eigenvalue weighted by molar-refractivity contribution is -0.132. The van der Waals surface area contributed by atoms with Gasteiger partial charge in [-0.25, -0.2) is 0 Å². The minimum Gasteiger partial charge on any atom is -0.393 e. The summed E-state index contributed by atoms with van der Waals surface area (Å²) in [5, 5.41) is 12.4. The summed E-state index contributed by atoms with van der Waals surface area (Å²) in [6.45, 7) is 6.98. The number of piperidine rings is 1. The first-order valence-electron chi connectivity index (χ1n) is 8.19. The highest BCUT2D eigenvalue weighted by Crippen LogP contribution is 2.19. The van der Waals surface area contributed by atoms with Crippen molar-refractivity contribution >= 4 is 11.8 Å².